The molecule has 9 heteroatoms. The Kier molecular flexibility index (Phi) is 5.65. The molecular formula is C20H26F2N2O4S. The largest absolute Gasteiger partial charge is 0.378 e. The van der Waals surface area contributed by atoms with Gasteiger partial charge in [0.25, 0.3) is 0 Å². The fraction of sp³-hybridized carbons (Fsp3) is 0.650. The van der Waals surface area contributed by atoms with Crippen LogP contribution in [-0.4, -0.2) is 62.9 Å². The molecule has 0 bridgehead atoms. The van der Waals surface area contributed by atoms with Crippen LogP contribution in [0.5, 0.6) is 0 Å². The van der Waals surface area contributed by atoms with E-state index >= 15 is 0 Å². The van der Waals surface area contributed by atoms with Gasteiger partial charge in [0.2, 0.25) is 15.9 Å². The molecule has 1 spiro atoms. The maximum absolute atomic E-state index is 13.5. The first-order valence-corrected chi connectivity index (χ1v) is 11.6. The maximum Gasteiger partial charge on any atom is 0.243 e. The Morgan fingerprint density at radius 3 is 2.21 bits per heavy atom. The highest BCUT2D eigenvalue weighted by Crippen LogP contribution is 2.55. The third-order valence-electron chi connectivity index (χ3n) is 6.83. The number of rotatable bonds is 4. The van der Waals surface area contributed by atoms with E-state index in [0.717, 1.165) is 25.0 Å². The van der Waals surface area contributed by atoms with E-state index in [0.29, 0.717) is 64.7 Å². The highest BCUT2D eigenvalue weighted by Gasteiger charge is 2.50. The number of amides is 1. The molecule has 2 aliphatic heterocycles. The lowest BCUT2D eigenvalue weighted by molar-refractivity contribution is -0.140. The van der Waals surface area contributed by atoms with Crippen LogP contribution in [0.4, 0.5) is 8.78 Å². The summed E-state index contributed by atoms with van der Waals surface area (Å²) in [6, 6.07) is 2.38. The summed E-state index contributed by atoms with van der Waals surface area (Å²) in [7, 11) is -3.93. The minimum atomic E-state index is -3.93. The monoisotopic (exact) mass is 428 g/mol. The van der Waals surface area contributed by atoms with E-state index < -0.39 is 21.7 Å². The normalized spacial score (nSPS) is 25.0. The first-order chi connectivity index (χ1) is 13.8. The zero-order valence-electron chi connectivity index (χ0n) is 16.3. The van der Waals surface area contributed by atoms with Crippen molar-refractivity contribution in [3.05, 3.63) is 29.8 Å². The van der Waals surface area contributed by atoms with Crippen LogP contribution in [0.2, 0.25) is 0 Å². The van der Waals surface area contributed by atoms with E-state index in [1.165, 1.54) is 4.31 Å². The van der Waals surface area contributed by atoms with Crippen LogP contribution in [0.15, 0.2) is 23.1 Å². The average Bonchev–Trinajstić information content (AvgIpc) is 2.71. The fourth-order valence-corrected chi connectivity index (χ4v) is 6.37. The quantitative estimate of drug-likeness (QED) is 0.739. The van der Waals surface area contributed by atoms with Gasteiger partial charge in [0.1, 0.15) is 11.6 Å². The molecule has 0 aromatic heterocycles. The summed E-state index contributed by atoms with van der Waals surface area (Å²) in [5, 5.41) is 0. The van der Waals surface area contributed by atoms with Gasteiger partial charge < -0.3 is 9.64 Å². The second kappa shape index (κ2) is 7.92. The molecule has 1 atom stereocenters. The topological polar surface area (TPSA) is 66.9 Å². The Bertz CT molecular complexity index is 858. The second-order valence-electron chi connectivity index (χ2n) is 8.30. The predicted octanol–water partition coefficient (Wildman–Crippen LogP) is 2.39. The maximum atomic E-state index is 13.5. The number of carbonyl (C=O) groups excluding carboxylic acids is 1. The van der Waals surface area contributed by atoms with Gasteiger partial charge in [0.05, 0.1) is 18.1 Å². The number of benzene rings is 1. The summed E-state index contributed by atoms with van der Waals surface area (Å²) in [6.07, 6.45) is 3.83. The Labute approximate surface area is 169 Å². The van der Waals surface area contributed by atoms with Crippen LogP contribution in [0.3, 0.4) is 0 Å². The smallest absolute Gasteiger partial charge is 0.243 e. The SMILES string of the molecule is O=C(CC1CCC12CCN(S(=O)(=O)c1cc(F)cc(F)c1)CC2)N1CCOCC1. The molecule has 6 nitrogen and oxygen atoms in total. The summed E-state index contributed by atoms with van der Waals surface area (Å²) in [6.45, 7) is 3.04. The van der Waals surface area contributed by atoms with E-state index in [4.69, 9.17) is 4.74 Å². The molecule has 1 aromatic rings. The van der Waals surface area contributed by atoms with Crippen LogP contribution in [0.25, 0.3) is 0 Å². The number of piperidine rings is 1. The van der Waals surface area contributed by atoms with Crippen LogP contribution in [-0.2, 0) is 19.6 Å². The van der Waals surface area contributed by atoms with Crippen molar-refractivity contribution >= 4 is 15.9 Å². The molecule has 1 aromatic carbocycles. The van der Waals surface area contributed by atoms with Gasteiger partial charge in [-0.3, -0.25) is 4.79 Å². The highest BCUT2D eigenvalue weighted by atomic mass is 32.2. The molecule has 2 heterocycles. The number of sulfonamides is 1. The molecule has 0 radical (unpaired) electrons. The van der Waals surface area contributed by atoms with Crippen molar-refractivity contribution in [3.63, 3.8) is 0 Å². The summed E-state index contributed by atoms with van der Waals surface area (Å²) in [5.74, 6) is -1.38. The van der Waals surface area contributed by atoms with Gasteiger partial charge in [-0.2, -0.15) is 4.31 Å². The van der Waals surface area contributed by atoms with Gasteiger partial charge in [-0.05, 0) is 49.1 Å². The van der Waals surface area contributed by atoms with E-state index in [2.05, 4.69) is 0 Å². The van der Waals surface area contributed by atoms with Gasteiger partial charge in [-0.1, -0.05) is 0 Å². The first-order valence-electron chi connectivity index (χ1n) is 10.1. The van der Waals surface area contributed by atoms with Crippen molar-refractivity contribution in [1.29, 1.82) is 0 Å². The molecule has 3 fully saturated rings. The highest BCUT2D eigenvalue weighted by molar-refractivity contribution is 7.89. The van der Waals surface area contributed by atoms with Crippen LogP contribution in [0, 0.1) is 23.0 Å². The summed E-state index contributed by atoms with van der Waals surface area (Å²) >= 11 is 0. The lowest BCUT2D eigenvalue weighted by atomic mass is 9.55. The molecule has 0 N–H and O–H groups in total. The Morgan fingerprint density at radius 1 is 1.03 bits per heavy atom. The van der Waals surface area contributed by atoms with Gasteiger partial charge in [0.15, 0.2) is 0 Å². The number of carbonyl (C=O) groups is 1. The standard InChI is InChI=1S/C20H26F2N2O4S/c21-16-12-17(22)14-18(13-16)29(26,27)24-5-3-20(4-6-24)2-1-15(20)11-19(25)23-7-9-28-10-8-23/h12-15H,1-11H2. The molecule has 1 unspecified atom stereocenters. The summed E-state index contributed by atoms with van der Waals surface area (Å²) < 4.78 is 59.1. The van der Waals surface area contributed by atoms with Crippen LogP contribution in [0.1, 0.15) is 32.1 Å². The lowest BCUT2D eigenvalue weighted by Gasteiger charge is -2.54. The van der Waals surface area contributed by atoms with Gasteiger partial charge >= 0.3 is 0 Å². The zero-order valence-corrected chi connectivity index (χ0v) is 17.1. The molecule has 1 aliphatic carbocycles. The number of hydrogen-bond donors (Lipinski definition) is 0. The Morgan fingerprint density at radius 2 is 1.66 bits per heavy atom. The van der Waals surface area contributed by atoms with Crippen LogP contribution < -0.4 is 0 Å². The molecule has 1 saturated carbocycles. The van der Waals surface area contributed by atoms with Crippen molar-refractivity contribution in [1.82, 2.24) is 9.21 Å². The van der Waals surface area contributed by atoms with Crippen molar-refractivity contribution in [3.8, 4) is 0 Å². The molecule has 3 aliphatic rings. The average molecular weight is 429 g/mol. The molecule has 2 saturated heterocycles. The van der Waals surface area contributed by atoms with E-state index in [1.54, 1.807) is 0 Å². The Hall–Kier alpha value is -1.58. The van der Waals surface area contributed by atoms with Crippen LogP contribution >= 0.6 is 0 Å². The third kappa shape index (κ3) is 4.04. The molecule has 160 valence electrons. The lowest BCUT2D eigenvalue weighted by Crippen LogP contribution is -2.52. The minimum Gasteiger partial charge on any atom is -0.378 e. The van der Waals surface area contributed by atoms with Gasteiger partial charge in [-0.25, -0.2) is 17.2 Å². The van der Waals surface area contributed by atoms with Gasteiger partial charge in [0, 0.05) is 38.7 Å². The van der Waals surface area contributed by atoms with Crippen molar-refractivity contribution in [2.45, 2.75) is 37.0 Å². The molecule has 1 amide bonds. The predicted molar refractivity (Wildman–Crippen MR) is 102 cm³/mol. The Balaban J connectivity index is 1.39. The number of morpholine rings is 1. The van der Waals surface area contributed by atoms with Crippen molar-refractivity contribution < 1.29 is 26.7 Å². The third-order valence-corrected chi connectivity index (χ3v) is 8.71. The van der Waals surface area contributed by atoms with E-state index in [1.807, 2.05) is 4.90 Å². The minimum absolute atomic E-state index is 0.00115. The van der Waals surface area contributed by atoms with Crippen molar-refractivity contribution in [2.75, 3.05) is 39.4 Å². The molecular weight excluding hydrogens is 402 g/mol. The number of nitrogens with zero attached hydrogens (tertiary/aromatic N) is 2. The van der Waals surface area contributed by atoms with Gasteiger partial charge in [-0.15, -0.1) is 0 Å². The molecule has 4 rings (SSSR count). The molecule has 29 heavy (non-hydrogen) atoms. The first kappa shape index (κ1) is 20.7. The van der Waals surface area contributed by atoms with E-state index in [-0.39, 0.29) is 22.1 Å². The zero-order chi connectivity index (χ0) is 20.6. The summed E-state index contributed by atoms with van der Waals surface area (Å²) in [4.78, 5) is 14.1. The van der Waals surface area contributed by atoms with Crippen molar-refractivity contribution in [2.24, 2.45) is 11.3 Å². The number of hydrogen-bond acceptors (Lipinski definition) is 4. The summed E-state index contributed by atoms with van der Waals surface area (Å²) in [5.41, 5.74) is 0.00115. The number of ether oxygens (including phenoxy) is 1. The fourth-order valence-electron chi connectivity index (χ4n) is 4.88. The second-order valence-corrected chi connectivity index (χ2v) is 10.2. The number of halogens is 2. The van der Waals surface area contributed by atoms with E-state index in [9.17, 15) is 22.0 Å².